The molecule has 2 aromatic rings. The van der Waals surface area contributed by atoms with E-state index in [1.54, 1.807) is 35.2 Å². The fourth-order valence-corrected chi connectivity index (χ4v) is 3.78. The first kappa shape index (κ1) is 18.5. The van der Waals surface area contributed by atoms with Crippen molar-refractivity contribution in [2.75, 3.05) is 42.6 Å². The molecule has 0 saturated carbocycles. The summed E-state index contributed by atoms with van der Waals surface area (Å²) in [7, 11) is 0. The number of cyclic esters (lactones) is 1. The van der Waals surface area contributed by atoms with Crippen LogP contribution in [0, 0.1) is 0 Å². The molecule has 0 radical (unpaired) electrons. The van der Waals surface area contributed by atoms with Gasteiger partial charge in [0.2, 0.25) is 0 Å². The molecule has 2 aliphatic heterocycles. The summed E-state index contributed by atoms with van der Waals surface area (Å²) in [5.41, 5.74) is 1.45. The van der Waals surface area contributed by atoms with Crippen LogP contribution in [0.3, 0.4) is 0 Å². The molecule has 2 aliphatic rings. The minimum absolute atomic E-state index is 0.0823. The van der Waals surface area contributed by atoms with Gasteiger partial charge in [-0.25, -0.2) is 4.79 Å². The highest BCUT2D eigenvalue weighted by atomic mass is 32.1. The molecule has 146 valence electrons. The first-order valence-corrected chi connectivity index (χ1v) is 9.78. The molecule has 8 nitrogen and oxygen atoms in total. The monoisotopic (exact) mass is 401 g/mol. The standard InChI is InChI=1S/C19H19N3O5S/c23-17-12-26-8-7-21(17)13-3-5-14(6-4-13)22-11-15(27-19(22)25)10-20-18(24)16-2-1-9-28-16/h1-6,9,15H,7-8,10-12H2,(H,20,24)/t15-/m1/s1. The molecule has 0 bridgehead atoms. The molecule has 2 saturated heterocycles. The maximum atomic E-state index is 12.2. The first-order valence-electron chi connectivity index (χ1n) is 8.90. The van der Waals surface area contributed by atoms with Crippen LogP contribution >= 0.6 is 11.3 Å². The molecule has 3 heterocycles. The average molecular weight is 401 g/mol. The lowest BCUT2D eigenvalue weighted by atomic mass is 10.2. The molecule has 1 aromatic carbocycles. The lowest BCUT2D eigenvalue weighted by Crippen LogP contribution is -2.41. The van der Waals surface area contributed by atoms with E-state index in [1.165, 1.54) is 16.2 Å². The Hall–Kier alpha value is -2.91. The van der Waals surface area contributed by atoms with Gasteiger partial charge in [-0.1, -0.05) is 6.07 Å². The normalized spacial score (nSPS) is 19.6. The van der Waals surface area contributed by atoms with E-state index in [1.807, 2.05) is 11.4 Å². The smallest absolute Gasteiger partial charge is 0.414 e. The number of ether oxygens (including phenoxy) is 2. The SMILES string of the molecule is O=C(NC[C@@H]1CN(c2ccc(N3CCOCC3=O)cc2)C(=O)O1)c1cccs1. The third-order valence-electron chi connectivity index (χ3n) is 4.57. The summed E-state index contributed by atoms with van der Waals surface area (Å²) < 4.78 is 10.5. The van der Waals surface area contributed by atoms with Crippen LogP contribution < -0.4 is 15.1 Å². The van der Waals surface area contributed by atoms with Gasteiger partial charge in [0.05, 0.1) is 24.6 Å². The Balaban J connectivity index is 1.36. The summed E-state index contributed by atoms with van der Waals surface area (Å²) in [6.07, 6.45) is -0.873. The Labute approximate surface area is 165 Å². The highest BCUT2D eigenvalue weighted by Crippen LogP contribution is 2.25. The summed E-state index contributed by atoms with van der Waals surface area (Å²) in [6.45, 7) is 1.69. The van der Waals surface area contributed by atoms with Crippen LogP contribution in [0.5, 0.6) is 0 Å². The zero-order chi connectivity index (χ0) is 19.5. The van der Waals surface area contributed by atoms with Crippen molar-refractivity contribution in [1.82, 2.24) is 5.32 Å². The number of hydrogen-bond acceptors (Lipinski definition) is 6. The summed E-state index contributed by atoms with van der Waals surface area (Å²) in [6, 6.07) is 10.7. The summed E-state index contributed by atoms with van der Waals surface area (Å²) in [5, 5.41) is 4.62. The van der Waals surface area contributed by atoms with E-state index in [4.69, 9.17) is 9.47 Å². The highest BCUT2D eigenvalue weighted by Gasteiger charge is 2.32. The van der Waals surface area contributed by atoms with Crippen LogP contribution in [0.15, 0.2) is 41.8 Å². The van der Waals surface area contributed by atoms with Crippen molar-refractivity contribution < 1.29 is 23.9 Å². The van der Waals surface area contributed by atoms with Crippen molar-refractivity contribution in [3.63, 3.8) is 0 Å². The minimum Gasteiger partial charge on any atom is -0.442 e. The summed E-state index contributed by atoms with van der Waals surface area (Å²) >= 11 is 1.36. The number of nitrogens with one attached hydrogen (secondary N) is 1. The quantitative estimate of drug-likeness (QED) is 0.826. The second-order valence-corrected chi connectivity index (χ2v) is 7.37. The second-order valence-electron chi connectivity index (χ2n) is 6.42. The number of benzene rings is 1. The van der Waals surface area contributed by atoms with Crippen molar-refractivity contribution in [2.24, 2.45) is 0 Å². The van der Waals surface area contributed by atoms with Gasteiger partial charge < -0.3 is 19.7 Å². The molecule has 0 unspecified atom stereocenters. The van der Waals surface area contributed by atoms with Crippen molar-refractivity contribution >= 4 is 40.6 Å². The molecule has 0 spiro atoms. The molecule has 1 atom stereocenters. The van der Waals surface area contributed by atoms with Crippen LogP contribution in [0.2, 0.25) is 0 Å². The lowest BCUT2D eigenvalue weighted by Gasteiger charge is -2.27. The van der Waals surface area contributed by atoms with Crippen molar-refractivity contribution in [3.05, 3.63) is 46.7 Å². The maximum absolute atomic E-state index is 12.2. The Kier molecular flexibility index (Phi) is 5.27. The molecule has 2 fully saturated rings. The van der Waals surface area contributed by atoms with Gasteiger partial charge in [-0.15, -0.1) is 11.3 Å². The van der Waals surface area contributed by atoms with Crippen LogP contribution in [0.25, 0.3) is 0 Å². The van der Waals surface area contributed by atoms with E-state index < -0.39 is 12.2 Å². The number of carbonyl (C=O) groups excluding carboxylic acids is 3. The van der Waals surface area contributed by atoms with Crippen LogP contribution in [-0.2, 0) is 14.3 Å². The van der Waals surface area contributed by atoms with Gasteiger partial charge in [-0.05, 0) is 35.7 Å². The molecular weight excluding hydrogens is 382 g/mol. The fourth-order valence-electron chi connectivity index (χ4n) is 3.14. The van der Waals surface area contributed by atoms with Crippen molar-refractivity contribution in [3.8, 4) is 0 Å². The van der Waals surface area contributed by atoms with Crippen LogP contribution in [-0.4, -0.2) is 56.9 Å². The van der Waals surface area contributed by atoms with E-state index >= 15 is 0 Å². The number of rotatable bonds is 5. The number of hydrogen-bond donors (Lipinski definition) is 1. The third-order valence-corrected chi connectivity index (χ3v) is 5.44. The van der Waals surface area contributed by atoms with Gasteiger partial charge in [-0.2, -0.15) is 0 Å². The Morgan fingerprint density at radius 1 is 1.14 bits per heavy atom. The predicted octanol–water partition coefficient (Wildman–Crippen LogP) is 1.87. The predicted molar refractivity (Wildman–Crippen MR) is 104 cm³/mol. The fraction of sp³-hybridized carbons (Fsp3) is 0.316. The minimum atomic E-state index is -0.453. The molecule has 3 amide bonds. The maximum Gasteiger partial charge on any atom is 0.414 e. The van der Waals surface area contributed by atoms with E-state index in [-0.39, 0.29) is 25.0 Å². The molecule has 4 rings (SSSR count). The number of nitrogens with zero attached hydrogens (tertiary/aromatic N) is 2. The van der Waals surface area contributed by atoms with Gasteiger partial charge >= 0.3 is 6.09 Å². The number of anilines is 2. The van der Waals surface area contributed by atoms with Gasteiger partial charge in [-0.3, -0.25) is 14.5 Å². The van der Waals surface area contributed by atoms with Crippen molar-refractivity contribution in [1.29, 1.82) is 0 Å². The van der Waals surface area contributed by atoms with Gasteiger partial charge in [0.15, 0.2) is 0 Å². The van der Waals surface area contributed by atoms with Gasteiger partial charge in [0.1, 0.15) is 12.7 Å². The summed E-state index contributed by atoms with van der Waals surface area (Å²) in [5.74, 6) is -0.259. The van der Waals surface area contributed by atoms with Crippen molar-refractivity contribution in [2.45, 2.75) is 6.10 Å². The number of morpholine rings is 1. The lowest BCUT2D eigenvalue weighted by molar-refractivity contribution is -0.125. The molecule has 1 N–H and O–H groups in total. The number of carbonyl (C=O) groups is 3. The Bertz CT molecular complexity index is 868. The third kappa shape index (κ3) is 3.85. The Morgan fingerprint density at radius 3 is 2.57 bits per heavy atom. The number of thiophene rings is 1. The molecular formula is C19H19N3O5S. The second kappa shape index (κ2) is 7.99. The van der Waals surface area contributed by atoms with Crippen LogP contribution in [0.4, 0.5) is 16.2 Å². The molecule has 1 aromatic heterocycles. The topological polar surface area (TPSA) is 88.2 Å². The average Bonchev–Trinajstić information content (AvgIpc) is 3.37. The highest BCUT2D eigenvalue weighted by molar-refractivity contribution is 7.12. The largest absolute Gasteiger partial charge is 0.442 e. The number of amides is 3. The van der Waals surface area contributed by atoms with E-state index in [0.717, 1.165) is 5.69 Å². The molecule has 28 heavy (non-hydrogen) atoms. The van der Waals surface area contributed by atoms with Crippen LogP contribution in [0.1, 0.15) is 9.67 Å². The molecule has 0 aliphatic carbocycles. The Morgan fingerprint density at radius 2 is 1.89 bits per heavy atom. The van der Waals surface area contributed by atoms with Gasteiger partial charge in [0.25, 0.3) is 11.8 Å². The summed E-state index contributed by atoms with van der Waals surface area (Å²) in [4.78, 5) is 40.0. The van der Waals surface area contributed by atoms with Gasteiger partial charge in [0, 0.05) is 17.9 Å². The zero-order valence-corrected chi connectivity index (χ0v) is 15.8. The van der Waals surface area contributed by atoms with E-state index in [2.05, 4.69) is 5.32 Å². The van der Waals surface area contributed by atoms with E-state index in [0.29, 0.717) is 30.3 Å². The first-order chi connectivity index (χ1) is 13.6. The molecule has 9 heteroatoms. The zero-order valence-electron chi connectivity index (χ0n) is 15.0. The van der Waals surface area contributed by atoms with E-state index in [9.17, 15) is 14.4 Å².